The number of amides is 1. The van der Waals surface area contributed by atoms with Crippen LogP contribution in [0.25, 0.3) is 11.3 Å². The summed E-state index contributed by atoms with van der Waals surface area (Å²) in [6, 6.07) is 1.86. The van der Waals surface area contributed by atoms with Crippen LogP contribution in [0.15, 0.2) is 11.4 Å². The van der Waals surface area contributed by atoms with Crippen LogP contribution in [0, 0.1) is 5.92 Å². The van der Waals surface area contributed by atoms with E-state index in [-0.39, 0.29) is 11.9 Å². The number of halogens is 1. The van der Waals surface area contributed by atoms with E-state index in [9.17, 15) is 4.79 Å². The van der Waals surface area contributed by atoms with Crippen molar-refractivity contribution in [3.8, 4) is 11.3 Å². The Balaban J connectivity index is 1.64. The van der Waals surface area contributed by atoms with Gasteiger partial charge >= 0.3 is 0 Å². The van der Waals surface area contributed by atoms with Gasteiger partial charge in [-0.3, -0.25) is 4.79 Å². The maximum absolute atomic E-state index is 12.6. The lowest BCUT2D eigenvalue weighted by atomic mass is 9.85. The van der Waals surface area contributed by atoms with E-state index in [0.717, 1.165) is 17.7 Å². The first-order chi connectivity index (χ1) is 12.1. The normalized spacial score (nSPS) is 16.8. The Bertz CT molecular complexity index is 703. The summed E-state index contributed by atoms with van der Waals surface area (Å²) in [6.07, 6.45) is 7.40. The van der Waals surface area contributed by atoms with E-state index in [4.69, 9.17) is 17.3 Å². The minimum absolute atomic E-state index is 0.0307. The average molecular weight is 382 g/mol. The Kier molecular flexibility index (Phi) is 6.09. The lowest BCUT2D eigenvalue weighted by Crippen LogP contribution is -2.41. The zero-order valence-electron chi connectivity index (χ0n) is 14.4. The molecule has 2 heterocycles. The second-order valence-electron chi connectivity index (χ2n) is 6.70. The monoisotopic (exact) mass is 381 g/mol. The van der Waals surface area contributed by atoms with Gasteiger partial charge in [0.2, 0.25) is 0 Å². The zero-order valence-corrected chi connectivity index (χ0v) is 15.9. The van der Waals surface area contributed by atoms with Gasteiger partial charge in [0.25, 0.3) is 5.91 Å². The molecule has 8 heteroatoms. The highest BCUT2D eigenvalue weighted by atomic mass is 35.5. The summed E-state index contributed by atoms with van der Waals surface area (Å²) in [6.45, 7) is 0.470. The molecule has 0 aliphatic heterocycles. The van der Waals surface area contributed by atoms with Crippen LogP contribution in [0.4, 0.5) is 0 Å². The van der Waals surface area contributed by atoms with Crippen molar-refractivity contribution in [2.75, 3.05) is 6.54 Å². The molecule has 2 aromatic rings. The molecule has 2 aromatic heterocycles. The number of aryl methyl sites for hydroxylation is 1. The van der Waals surface area contributed by atoms with Crippen molar-refractivity contribution in [1.29, 1.82) is 0 Å². The minimum atomic E-state index is -0.0752. The first-order valence-electron chi connectivity index (χ1n) is 8.73. The maximum Gasteiger partial charge on any atom is 0.261 e. The van der Waals surface area contributed by atoms with Gasteiger partial charge in [0.05, 0.1) is 4.88 Å². The second-order valence-corrected chi connectivity index (χ2v) is 7.97. The number of aromatic nitrogens is 3. The predicted octanol–water partition coefficient (Wildman–Crippen LogP) is 3.22. The van der Waals surface area contributed by atoms with E-state index >= 15 is 0 Å². The smallest absolute Gasteiger partial charge is 0.261 e. The van der Waals surface area contributed by atoms with Gasteiger partial charge in [-0.15, -0.1) is 16.4 Å². The standard InChI is InChI=1S/C17H24ClN5OS/c1-23-15(16(18)21-22-23)12-8-14(25-10-12)17(24)20-13(9-19)7-11-5-3-2-4-6-11/h8,10-11,13H,2-7,9,19H2,1H3,(H,20,24). The summed E-state index contributed by atoms with van der Waals surface area (Å²) in [5.41, 5.74) is 7.46. The second kappa shape index (κ2) is 8.29. The first-order valence-corrected chi connectivity index (χ1v) is 9.99. The fourth-order valence-electron chi connectivity index (χ4n) is 3.51. The number of rotatable bonds is 6. The van der Waals surface area contributed by atoms with Gasteiger partial charge in [-0.25, -0.2) is 4.68 Å². The van der Waals surface area contributed by atoms with Gasteiger partial charge in [0.1, 0.15) is 5.69 Å². The van der Waals surface area contributed by atoms with E-state index in [1.165, 1.54) is 43.4 Å². The van der Waals surface area contributed by atoms with Crippen molar-refractivity contribution in [2.24, 2.45) is 18.7 Å². The molecule has 1 aliphatic carbocycles. The lowest BCUT2D eigenvalue weighted by Gasteiger charge is -2.26. The van der Waals surface area contributed by atoms with Crippen LogP contribution in [0.5, 0.6) is 0 Å². The third-order valence-corrected chi connectivity index (χ3v) is 6.03. The number of carbonyl (C=O) groups excluding carboxylic acids is 1. The molecular formula is C17H24ClN5OS. The molecule has 0 bridgehead atoms. The van der Waals surface area contributed by atoms with E-state index in [0.29, 0.717) is 22.5 Å². The number of thiophene rings is 1. The molecule has 25 heavy (non-hydrogen) atoms. The van der Waals surface area contributed by atoms with E-state index in [2.05, 4.69) is 15.6 Å². The molecule has 0 aromatic carbocycles. The van der Waals surface area contributed by atoms with Crippen LogP contribution >= 0.6 is 22.9 Å². The van der Waals surface area contributed by atoms with Gasteiger partial charge in [0.15, 0.2) is 5.15 Å². The molecule has 1 amide bonds. The van der Waals surface area contributed by atoms with Gasteiger partial charge in [-0.2, -0.15) is 0 Å². The molecule has 6 nitrogen and oxygen atoms in total. The highest BCUT2D eigenvalue weighted by molar-refractivity contribution is 7.12. The highest BCUT2D eigenvalue weighted by Gasteiger charge is 2.21. The number of nitrogens with one attached hydrogen (secondary N) is 1. The lowest BCUT2D eigenvalue weighted by molar-refractivity contribution is 0.0934. The summed E-state index contributed by atoms with van der Waals surface area (Å²) in [7, 11) is 1.78. The van der Waals surface area contributed by atoms with Crippen LogP contribution < -0.4 is 11.1 Å². The summed E-state index contributed by atoms with van der Waals surface area (Å²) in [4.78, 5) is 13.2. The Morgan fingerprint density at radius 1 is 1.48 bits per heavy atom. The van der Waals surface area contributed by atoms with Crippen LogP contribution in [0.3, 0.4) is 0 Å². The molecule has 0 spiro atoms. The molecule has 1 aliphatic rings. The number of hydrogen-bond acceptors (Lipinski definition) is 5. The Labute approximate surface area is 156 Å². The Hall–Kier alpha value is -1.44. The fraction of sp³-hybridized carbons (Fsp3) is 0.588. The van der Waals surface area contributed by atoms with Crippen molar-refractivity contribution in [1.82, 2.24) is 20.3 Å². The van der Waals surface area contributed by atoms with E-state index < -0.39 is 0 Å². The predicted molar refractivity (Wildman–Crippen MR) is 101 cm³/mol. The van der Waals surface area contributed by atoms with Crippen LogP contribution in [-0.4, -0.2) is 33.5 Å². The molecule has 3 rings (SSSR count). The van der Waals surface area contributed by atoms with Crippen molar-refractivity contribution >= 4 is 28.8 Å². The van der Waals surface area contributed by atoms with Crippen molar-refractivity contribution in [3.63, 3.8) is 0 Å². The fourth-order valence-corrected chi connectivity index (χ4v) is 4.57. The van der Waals surface area contributed by atoms with Gasteiger partial charge in [-0.1, -0.05) is 48.9 Å². The first kappa shape index (κ1) is 18.4. The molecule has 1 atom stereocenters. The van der Waals surface area contributed by atoms with Crippen molar-refractivity contribution in [2.45, 2.75) is 44.6 Å². The summed E-state index contributed by atoms with van der Waals surface area (Å²) in [5, 5.41) is 13.1. The van der Waals surface area contributed by atoms with Crippen LogP contribution in [0.1, 0.15) is 48.2 Å². The van der Waals surface area contributed by atoms with Crippen LogP contribution in [0.2, 0.25) is 5.15 Å². The largest absolute Gasteiger partial charge is 0.347 e. The molecule has 1 unspecified atom stereocenters. The van der Waals surface area contributed by atoms with Crippen molar-refractivity contribution < 1.29 is 4.79 Å². The third kappa shape index (κ3) is 4.40. The number of carbonyl (C=O) groups is 1. The average Bonchev–Trinajstić information content (AvgIpc) is 3.22. The molecule has 3 N–H and O–H groups in total. The molecule has 0 radical (unpaired) electrons. The van der Waals surface area contributed by atoms with Crippen molar-refractivity contribution in [3.05, 3.63) is 21.5 Å². The Morgan fingerprint density at radius 3 is 2.88 bits per heavy atom. The topological polar surface area (TPSA) is 85.8 Å². The van der Waals surface area contributed by atoms with E-state index in [1.54, 1.807) is 11.7 Å². The van der Waals surface area contributed by atoms with Crippen LogP contribution in [-0.2, 0) is 7.05 Å². The summed E-state index contributed by atoms with van der Waals surface area (Å²) < 4.78 is 1.61. The van der Waals surface area contributed by atoms with Gasteiger partial charge in [-0.05, 0) is 18.4 Å². The minimum Gasteiger partial charge on any atom is -0.347 e. The molecule has 1 saturated carbocycles. The van der Waals surface area contributed by atoms with Gasteiger partial charge in [0, 0.05) is 30.6 Å². The SMILES string of the molecule is Cn1nnc(Cl)c1-c1csc(C(=O)NC(CN)CC2CCCCC2)c1. The molecule has 0 saturated heterocycles. The summed E-state index contributed by atoms with van der Waals surface area (Å²) in [5.74, 6) is 0.606. The number of hydrogen-bond donors (Lipinski definition) is 2. The molecule has 136 valence electrons. The number of nitrogens with two attached hydrogens (primary N) is 1. The van der Waals surface area contributed by atoms with Gasteiger partial charge < -0.3 is 11.1 Å². The van der Waals surface area contributed by atoms with E-state index in [1.807, 2.05) is 11.4 Å². The Morgan fingerprint density at radius 2 is 2.24 bits per heavy atom. The third-order valence-electron chi connectivity index (χ3n) is 4.84. The quantitative estimate of drug-likeness (QED) is 0.804. The highest BCUT2D eigenvalue weighted by Crippen LogP contribution is 2.30. The maximum atomic E-state index is 12.6. The molecular weight excluding hydrogens is 358 g/mol. The zero-order chi connectivity index (χ0) is 17.8. The summed E-state index contributed by atoms with van der Waals surface area (Å²) >= 11 is 7.47. The number of nitrogens with zero attached hydrogens (tertiary/aromatic N) is 3. The molecule has 1 fully saturated rings.